The van der Waals surface area contributed by atoms with Crippen molar-refractivity contribution in [1.29, 1.82) is 0 Å². The molecule has 4 heteroatoms. The van der Waals surface area contributed by atoms with Crippen LogP contribution in [0.2, 0.25) is 0 Å². The molecule has 0 saturated carbocycles. The minimum absolute atomic E-state index is 0.153. The first-order valence-electron chi connectivity index (χ1n) is 4.81. The zero-order valence-corrected chi connectivity index (χ0v) is 9.67. The van der Waals surface area contributed by atoms with Crippen molar-refractivity contribution in [2.45, 2.75) is 6.92 Å². The lowest BCUT2D eigenvalue weighted by atomic mass is 10.1. The molecule has 0 aliphatic heterocycles. The largest absolute Gasteiger partial charge is 0.298 e. The number of nitrogens with zero attached hydrogens (tertiary/aromatic N) is 1. The van der Waals surface area contributed by atoms with Crippen LogP contribution in [0.5, 0.6) is 0 Å². The summed E-state index contributed by atoms with van der Waals surface area (Å²) in [5, 5.41) is 3.37. The van der Waals surface area contributed by atoms with Gasteiger partial charge in [0.2, 0.25) is 0 Å². The molecule has 0 saturated heterocycles. The fraction of sp³-hybridized carbons (Fsp3) is 0.0833. The number of hydrogen-bond donors (Lipinski definition) is 1. The normalized spacial score (nSPS) is 10.1. The maximum Gasteiger partial charge on any atom is 0.257 e. The van der Waals surface area contributed by atoms with Gasteiger partial charge in [0, 0.05) is 16.6 Å². The van der Waals surface area contributed by atoms with Crippen LogP contribution >= 0.6 is 11.3 Å². The van der Waals surface area contributed by atoms with Crippen LogP contribution in [0.1, 0.15) is 20.8 Å². The highest BCUT2D eigenvalue weighted by molar-refractivity contribution is 7.15. The molecule has 0 unspecified atom stereocenters. The summed E-state index contributed by atoms with van der Waals surface area (Å²) in [7, 11) is 0. The van der Waals surface area contributed by atoms with Crippen molar-refractivity contribution >= 4 is 22.4 Å². The minimum Gasteiger partial charge on any atom is -0.298 e. The van der Waals surface area contributed by atoms with Crippen molar-refractivity contribution < 1.29 is 4.79 Å². The Balaban J connectivity index is 2.14. The molecule has 2 rings (SSSR count). The number of carbonyl (C=O) groups excluding carboxylic acids is 1. The maximum absolute atomic E-state index is 11.8. The second kappa shape index (κ2) is 4.45. The van der Waals surface area contributed by atoms with Crippen molar-refractivity contribution in [2.75, 3.05) is 5.32 Å². The molecule has 16 heavy (non-hydrogen) atoms. The highest BCUT2D eigenvalue weighted by Gasteiger charge is 2.07. The third-order valence-electron chi connectivity index (χ3n) is 2.03. The fourth-order valence-corrected chi connectivity index (χ4v) is 1.95. The van der Waals surface area contributed by atoms with Crippen LogP contribution in [-0.2, 0) is 0 Å². The summed E-state index contributed by atoms with van der Waals surface area (Å²) in [5.41, 5.74) is 1.42. The first-order chi connectivity index (χ1) is 7.65. The standard InChI is InChI=1S/C12H11N2OS/c1-8-4-3-5-10(6-8)11(15)14-12-13-7-9(2)16-12/h3-7H,1H2,2H3,(H,13,14,15). The van der Waals surface area contributed by atoms with Crippen molar-refractivity contribution in [2.24, 2.45) is 0 Å². The summed E-state index contributed by atoms with van der Waals surface area (Å²) in [6.07, 6.45) is 1.73. The van der Waals surface area contributed by atoms with Crippen LogP contribution in [0.3, 0.4) is 0 Å². The molecule has 1 aromatic heterocycles. The van der Waals surface area contributed by atoms with Gasteiger partial charge in [-0.15, -0.1) is 11.3 Å². The van der Waals surface area contributed by atoms with E-state index in [-0.39, 0.29) is 5.91 Å². The molecule has 2 aromatic rings. The van der Waals surface area contributed by atoms with E-state index in [1.165, 1.54) is 11.3 Å². The molecule has 0 spiro atoms. The fourth-order valence-electron chi connectivity index (χ4n) is 1.29. The number of benzene rings is 1. The highest BCUT2D eigenvalue weighted by Crippen LogP contribution is 2.17. The number of carbonyl (C=O) groups is 1. The van der Waals surface area contributed by atoms with E-state index in [0.29, 0.717) is 10.7 Å². The molecule has 1 heterocycles. The molecule has 1 N–H and O–H groups in total. The summed E-state index contributed by atoms with van der Waals surface area (Å²) in [6.45, 7) is 5.73. The molecule has 0 atom stereocenters. The number of aryl methyl sites for hydroxylation is 1. The second-order valence-corrected chi connectivity index (χ2v) is 4.67. The number of rotatable bonds is 2. The van der Waals surface area contributed by atoms with Gasteiger partial charge in [-0.2, -0.15) is 0 Å². The predicted molar refractivity (Wildman–Crippen MR) is 65.7 cm³/mol. The van der Waals surface area contributed by atoms with Gasteiger partial charge in [-0.3, -0.25) is 10.1 Å². The van der Waals surface area contributed by atoms with E-state index < -0.39 is 0 Å². The minimum atomic E-state index is -0.153. The van der Waals surface area contributed by atoms with Crippen molar-refractivity contribution in [3.05, 3.63) is 53.4 Å². The maximum atomic E-state index is 11.8. The number of anilines is 1. The van der Waals surface area contributed by atoms with Gasteiger partial charge in [0.15, 0.2) is 5.13 Å². The molecule has 0 aliphatic carbocycles. The monoisotopic (exact) mass is 231 g/mol. The van der Waals surface area contributed by atoms with Gasteiger partial charge in [-0.05, 0) is 31.5 Å². The SMILES string of the molecule is [CH2]c1cccc(C(=O)Nc2ncc(C)s2)c1. The number of amides is 1. The summed E-state index contributed by atoms with van der Waals surface area (Å²) in [5.74, 6) is -0.153. The lowest BCUT2D eigenvalue weighted by molar-refractivity contribution is 0.102. The first kappa shape index (κ1) is 10.8. The van der Waals surface area contributed by atoms with E-state index in [1.807, 2.05) is 19.1 Å². The Bertz CT molecular complexity index is 519. The average molecular weight is 231 g/mol. The molecule has 1 radical (unpaired) electrons. The van der Waals surface area contributed by atoms with Crippen LogP contribution in [-0.4, -0.2) is 10.9 Å². The summed E-state index contributed by atoms with van der Waals surface area (Å²) >= 11 is 1.46. The van der Waals surface area contributed by atoms with Crippen molar-refractivity contribution in [3.63, 3.8) is 0 Å². The van der Waals surface area contributed by atoms with E-state index in [4.69, 9.17) is 0 Å². The topological polar surface area (TPSA) is 42.0 Å². The zero-order chi connectivity index (χ0) is 11.5. The van der Waals surface area contributed by atoms with Gasteiger partial charge in [0.05, 0.1) is 0 Å². The van der Waals surface area contributed by atoms with E-state index in [0.717, 1.165) is 10.4 Å². The van der Waals surface area contributed by atoms with E-state index in [2.05, 4.69) is 17.2 Å². The van der Waals surface area contributed by atoms with Crippen LogP contribution < -0.4 is 5.32 Å². The van der Waals surface area contributed by atoms with E-state index in [1.54, 1.807) is 18.3 Å². The Kier molecular flexibility index (Phi) is 3.01. The number of hydrogen-bond acceptors (Lipinski definition) is 3. The number of aromatic nitrogens is 1. The average Bonchev–Trinajstić information content (AvgIpc) is 2.64. The number of thiazole rings is 1. The van der Waals surface area contributed by atoms with Crippen LogP contribution in [0, 0.1) is 13.8 Å². The number of nitrogens with one attached hydrogen (secondary N) is 1. The molecule has 0 bridgehead atoms. The Morgan fingerprint density at radius 1 is 1.50 bits per heavy atom. The van der Waals surface area contributed by atoms with Gasteiger partial charge in [0.1, 0.15) is 0 Å². The van der Waals surface area contributed by atoms with Crippen molar-refractivity contribution in [1.82, 2.24) is 4.98 Å². The second-order valence-electron chi connectivity index (χ2n) is 3.43. The van der Waals surface area contributed by atoms with Gasteiger partial charge in [0.25, 0.3) is 5.91 Å². The van der Waals surface area contributed by atoms with Crippen molar-refractivity contribution in [3.8, 4) is 0 Å². The molecular weight excluding hydrogens is 220 g/mol. The van der Waals surface area contributed by atoms with Crippen LogP contribution in [0.15, 0.2) is 30.5 Å². The molecule has 1 amide bonds. The lowest BCUT2D eigenvalue weighted by Crippen LogP contribution is -2.11. The Morgan fingerprint density at radius 3 is 2.94 bits per heavy atom. The third-order valence-corrected chi connectivity index (χ3v) is 2.86. The smallest absolute Gasteiger partial charge is 0.257 e. The lowest BCUT2D eigenvalue weighted by Gasteiger charge is -2.02. The Hall–Kier alpha value is -1.68. The van der Waals surface area contributed by atoms with Gasteiger partial charge < -0.3 is 0 Å². The molecule has 3 nitrogen and oxygen atoms in total. The van der Waals surface area contributed by atoms with Crippen LogP contribution in [0.25, 0.3) is 0 Å². The van der Waals surface area contributed by atoms with Gasteiger partial charge in [-0.1, -0.05) is 12.1 Å². The van der Waals surface area contributed by atoms with Crippen LogP contribution in [0.4, 0.5) is 5.13 Å². The Morgan fingerprint density at radius 2 is 2.31 bits per heavy atom. The summed E-state index contributed by atoms with van der Waals surface area (Å²) < 4.78 is 0. The quantitative estimate of drug-likeness (QED) is 0.863. The summed E-state index contributed by atoms with van der Waals surface area (Å²) in [4.78, 5) is 16.9. The Labute approximate surface area is 98.2 Å². The highest BCUT2D eigenvalue weighted by atomic mass is 32.1. The van der Waals surface area contributed by atoms with Gasteiger partial charge >= 0.3 is 0 Å². The molecule has 0 fully saturated rings. The molecule has 1 aromatic carbocycles. The predicted octanol–water partition coefficient (Wildman–Crippen LogP) is 2.89. The third kappa shape index (κ3) is 2.46. The zero-order valence-electron chi connectivity index (χ0n) is 8.86. The molecule has 81 valence electrons. The van der Waals surface area contributed by atoms with Gasteiger partial charge in [-0.25, -0.2) is 4.98 Å². The first-order valence-corrected chi connectivity index (χ1v) is 5.62. The van der Waals surface area contributed by atoms with E-state index in [9.17, 15) is 4.79 Å². The molecular formula is C12H11N2OS. The molecule has 0 aliphatic rings. The van der Waals surface area contributed by atoms with E-state index >= 15 is 0 Å². The summed E-state index contributed by atoms with van der Waals surface area (Å²) in [6, 6.07) is 7.16.